The molecule has 4 rings (SSSR count). The number of aryl methyl sites for hydroxylation is 2. The zero-order valence-electron chi connectivity index (χ0n) is 16.4. The molecular weight excluding hydrogens is 336 g/mol. The van der Waals surface area contributed by atoms with Gasteiger partial charge in [-0.05, 0) is 55.4 Å². The predicted octanol–water partition coefficient (Wildman–Crippen LogP) is 4.02. The molecule has 1 aromatic heterocycles. The van der Waals surface area contributed by atoms with Crippen molar-refractivity contribution in [1.29, 1.82) is 0 Å². The molecule has 1 heterocycles. The molecule has 1 aromatic carbocycles. The highest BCUT2D eigenvalue weighted by Gasteiger charge is 2.26. The Morgan fingerprint density at radius 1 is 1.11 bits per heavy atom. The van der Waals surface area contributed by atoms with Crippen molar-refractivity contribution in [2.24, 2.45) is 0 Å². The Labute approximate surface area is 161 Å². The molecule has 2 aromatic rings. The van der Waals surface area contributed by atoms with Gasteiger partial charge in [-0.3, -0.25) is 5.01 Å². The monoisotopic (exact) mass is 366 g/mol. The van der Waals surface area contributed by atoms with E-state index in [9.17, 15) is 0 Å². The number of hydrazine groups is 1. The van der Waals surface area contributed by atoms with Crippen LogP contribution in [0.5, 0.6) is 0 Å². The van der Waals surface area contributed by atoms with E-state index in [1.165, 1.54) is 56.1 Å². The second-order valence-corrected chi connectivity index (χ2v) is 7.46. The lowest BCUT2D eigenvalue weighted by atomic mass is 10.1. The molecule has 2 aliphatic rings. The lowest BCUT2D eigenvalue weighted by molar-refractivity contribution is 0.524. The molecule has 2 aliphatic carbocycles. The molecule has 0 amide bonds. The molecule has 6 heteroatoms. The fourth-order valence-corrected chi connectivity index (χ4v) is 4.28. The first kappa shape index (κ1) is 18.0. The number of hydrogen-bond acceptors (Lipinski definition) is 6. The number of fused-ring (bicyclic) bond motifs is 1. The van der Waals surface area contributed by atoms with Crippen LogP contribution in [0.15, 0.2) is 24.4 Å². The Morgan fingerprint density at radius 3 is 2.70 bits per heavy atom. The molecule has 0 spiro atoms. The molecule has 3 N–H and O–H groups in total. The summed E-state index contributed by atoms with van der Waals surface area (Å²) in [5.74, 6) is 1.56. The van der Waals surface area contributed by atoms with Crippen LogP contribution in [0.1, 0.15) is 50.2 Å². The van der Waals surface area contributed by atoms with E-state index < -0.39 is 0 Å². The van der Waals surface area contributed by atoms with Crippen LogP contribution in [0.4, 0.5) is 23.1 Å². The zero-order valence-corrected chi connectivity index (χ0v) is 16.4. The molecule has 0 atom stereocenters. The first-order valence-electron chi connectivity index (χ1n) is 10.2. The first-order valence-corrected chi connectivity index (χ1v) is 10.2. The first-order chi connectivity index (χ1) is 13.3. The summed E-state index contributed by atoms with van der Waals surface area (Å²) in [6, 6.07) is 7.10. The topological polar surface area (TPSA) is 65.1 Å². The van der Waals surface area contributed by atoms with Crippen molar-refractivity contribution in [3.63, 3.8) is 0 Å². The minimum absolute atomic E-state index is 0.486. The van der Waals surface area contributed by atoms with Gasteiger partial charge in [0.05, 0.1) is 11.9 Å². The van der Waals surface area contributed by atoms with Gasteiger partial charge in [-0.2, -0.15) is 4.98 Å². The Balaban J connectivity index is 1.61. The molecule has 6 nitrogen and oxygen atoms in total. The number of nitrogens with one attached hydrogen (secondary N) is 3. The largest absolute Gasteiger partial charge is 0.384 e. The summed E-state index contributed by atoms with van der Waals surface area (Å²) in [5.41, 5.74) is 8.46. The molecule has 0 saturated heterocycles. The third-order valence-corrected chi connectivity index (χ3v) is 5.64. The van der Waals surface area contributed by atoms with Crippen LogP contribution >= 0.6 is 0 Å². The average molecular weight is 367 g/mol. The summed E-state index contributed by atoms with van der Waals surface area (Å²) in [7, 11) is 1.93. The Kier molecular flexibility index (Phi) is 5.43. The van der Waals surface area contributed by atoms with Gasteiger partial charge in [0.15, 0.2) is 5.82 Å². The van der Waals surface area contributed by atoms with Crippen molar-refractivity contribution in [1.82, 2.24) is 15.4 Å². The maximum absolute atomic E-state index is 4.87. The van der Waals surface area contributed by atoms with E-state index in [2.05, 4.69) is 51.2 Å². The summed E-state index contributed by atoms with van der Waals surface area (Å²) in [5, 5.41) is 8.90. The van der Waals surface area contributed by atoms with E-state index in [1.54, 1.807) is 0 Å². The predicted molar refractivity (Wildman–Crippen MR) is 112 cm³/mol. The van der Waals surface area contributed by atoms with Crippen molar-refractivity contribution >= 4 is 23.1 Å². The van der Waals surface area contributed by atoms with Gasteiger partial charge in [0, 0.05) is 25.3 Å². The minimum atomic E-state index is 0.486. The van der Waals surface area contributed by atoms with Gasteiger partial charge in [-0.1, -0.05) is 25.8 Å². The molecule has 0 aliphatic heterocycles. The van der Waals surface area contributed by atoms with Gasteiger partial charge in [0.2, 0.25) is 5.95 Å². The SMILES string of the molecule is CCNN(c1nc(Nc2ccc3c(c2)CCC3)ncc1NC)C1CCCC1. The van der Waals surface area contributed by atoms with Crippen molar-refractivity contribution in [3.8, 4) is 0 Å². The van der Waals surface area contributed by atoms with Gasteiger partial charge >= 0.3 is 0 Å². The Hall–Kier alpha value is -2.34. The molecule has 1 fully saturated rings. The number of benzene rings is 1. The highest BCUT2D eigenvalue weighted by Crippen LogP contribution is 2.31. The second kappa shape index (κ2) is 8.13. The summed E-state index contributed by atoms with van der Waals surface area (Å²) >= 11 is 0. The standard InChI is InChI=1S/C21H30N6/c1-3-24-27(18-9-4-5-10-18)20-19(22-2)14-23-21(26-20)25-17-12-11-15-7-6-8-16(15)13-17/h11-14,18,22,24H,3-10H2,1-2H3,(H,23,25,26). The lowest BCUT2D eigenvalue weighted by Gasteiger charge is -2.31. The van der Waals surface area contributed by atoms with E-state index in [0.29, 0.717) is 12.0 Å². The fraction of sp³-hybridized carbons (Fsp3) is 0.524. The molecular formula is C21H30N6. The average Bonchev–Trinajstić information content (AvgIpc) is 3.37. The van der Waals surface area contributed by atoms with E-state index in [4.69, 9.17) is 4.98 Å². The molecule has 27 heavy (non-hydrogen) atoms. The number of aromatic nitrogens is 2. The third kappa shape index (κ3) is 3.86. The van der Waals surface area contributed by atoms with Crippen molar-refractivity contribution in [3.05, 3.63) is 35.5 Å². The van der Waals surface area contributed by atoms with Crippen LogP contribution in [0.2, 0.25) is 0 Å². The maximum atomic E-state index is 4.87. The van der Waals surface area contributed by atoms with Crippen LogP contribution in [0.25, 0.3) is 0 Å². The quantitative estimate of drug-likeness (QED) is 0.643. The normalized spacial score (nSPS) is 16.4. The summed E-state index contributed by atoms with van der Waals surface area (Å²) in [6.07, 6.45) is 10.5. The lowest BCUT2D eigenvalue weighted by Crippen LogP contribution is -2.45. The van der Waals surface area contributed by atoms with Crippen LogP contribution in [0, 0.1) is 0 Å². The van der Waals surface area contributed by atoms with Gasteiger partial charge in [-0.15, -0.1) is 0 Å². The smallest absolute Gasteiger partial charge is 0.229 e. The number of hydrogen-bond donors (Lipinski definition) is 3. The molecule has 0 unspecified atom stereocenters. The van der Waals surface area contributed by atoms with E-state index >= 15 is 0 Å². The summed E-state index contributed by atoms with van der Waals surface area (Å²) < 4.78 is 0. The summed E-state index contributed by atoms with van der Waals surface area (Å²) in [6.45, 7) is 3.00. The second-order valence-electron chi connectivity index (χ2n) is 7.46. The highest BCUT2D eigenvalue weighted by atomic mass is 15.5. The van der Waals surface area contributed by atoms with Gasteiger partial charge in [-0.25, -0.2) is 10.4 Å². The minimum Gasteiger partial charge on any atom is -0.384 e. The van der Waals surface area contributed by atoms with Gasteiger partial charge in [0.25, 0.3) is 0 Å². The van der Waals surface area contributed by atoms with Gasteiger partial charge in [0.1, 0.15) is 0 Å². The van der Waals surface area contributed by atoms with Gasteiger partial charge < -0.3 is 10.6 Å². The van der Waals surface area contributed by atoms with Crippen LogP contribution < -0.4 is 21.1 Å². The van der Waals surface area contributed by atoms with Crippen molar-refractivity contribution < 1.29 is 0 Å². The number of anilines is 4. The van der Waals surface area contributed by atoms with Crippen molar-refractivity contribution in [2.75, 3.05) is 29.2 Å². The maximum Gasteiger partial charge on any atom is 0.229 e. The molecule has 0 bridgehead atoms. The highest BCUT2D eigenvalue weighted by molar-refractivity contribution is 5.67. The van der Waals surface area contributed by atoms with E-state index in [-0.39, 0.29) is 0 Å². The van der Waals surface area contributed by atoms with Crippen LogP contribution in [-0.2, 0) is 12.8 Å². The Morgan fingerprint density at radius 2 is 1.93 bits per heavy atom. The molecule has 0 radical (unpaired) electrons. The zero-order chi connectivity index (χ0) is 18.6. The van der Waals surface area contributed by atoms with Crippen molar-refractivity contribution in [2.45, 2.75) is 57.9 Å². The van der Waals surface area contributed by atoms with Crippen LogP contribution in [-0.4, -0.2) is 29.6 Å². The van der Waals surface area contributed by atoms with E-state index in [0.717, 1.165) is 23.7 Å². The molecule has 1 saturated carbocycles. The molecule has 144 valence electrons. The number of rotatable bonds is 7. The van der Waals surface area contributed by atoms with Crippen LogP contribution in [0.3, 0.4) is 0 Å². The summed E-state index contributed by atoms with van der Waals surface area (Å²) in [4.78, 5) is 9.40. The third-order valence-electron chi connectivity index (χ3n) is 5.64. The fourth-order valence-electron chi connectivity index (χ4n) is 4.28. The Bertz CT molecular complexity index is 784. The number of nitrogens with zero attached hydrogens (tertiary/aromatic N) is 3. The van der Waals surface area contributed by atoms with E-state index in [1.807, 2.05) is 13.2 Å².